The lowest BCUT2D eigenvalue weighted by atomic mass is 10.1. The van der Waals surface area contributed by atoms with Crippen molar-refractivity contribution in [1.29, 1.82) is 0 Å². The summed E-state index contributed by atoms with van der Waals surface area (Å²) in [6, 6.07) is 7.66. The Morgan fingerprint density at radius 3 is 2.67 bits per heavy atom. The maximum atomic E-state index is 9.53. The Kier molecular flexibility index (Phi) is 3.94. The molecule has 0 aliphatic rings. The van der Waals surface area contributed by atoms with Crippen molar-refractivity contribution in [1.82, 2.24) is 9.97 Å². The average Bonchev–Trinajstić information content (AvgIpc) is 2.32. The van der Waals surface area contributed by atoms with Crippen LogP contribution in [0.25, 0.3) is 0 Å². The van der Waals surface area contributed by atoms with Crippen LogP contribution in [0.4, 0.5) is 0 Å². The molecule has 4 heteroatoms. The van der Waals surface area contributed by atoms with Gasteiger partial charge in [0.1, 0.15) is 5.82 Å². The topological polar surface area (TPSA) is 46.0 Å². The number of aryl methyl sites for hydroxylation is 1. The lowest BCUT2D eigenvalue weighted by molar-refractivity contribution is 0.197. The van der Waals surface area contributed by atoms with E-state index in [0.717, 1.165) is 21.8 Å². The second kappa shape index (κ2) is 5.46. The fourth-order valence-electron chi connectivity index (χ4n) is 1.83. The standard InChI is InChI=1S/C14H15ClN2O/c1-9-12(10(2)18)8-16-14(17-9)7-11-5-3-4-6-13(11)15/h3-6,8,10,18H,7H2,1-2H3. The van der Waals surface area contributed by atoms with Crippen LogP contribution in [0, 0.1) is 6.92 Å². The number of aliphatic hydroxyl groups excluding tert-OH is 1. The van der Waals surface area contributed by atoms with Crippen LogP contribution in [-0.2, 0) is 6.42 Å². The molecule has 2 aromatic rings. The molecule has 1 N–H and O–H groups in total. The average molecular weight is 263 g/mol. The molecule has 1 atom stereocenters. The van der Waals surface area contributed by atoms with Crippen LogP contribution in [0.15, 0.2) is 30.5 Å². The molecule has 0 amide bonds. The molecule has 0 saturated heterocycles. The third-order valence-electron chi connectivity index (χ3n) is 2.82. The van der Waals surface area contributed by atoms with Gasteiger partial charge in [-0.1, -0.05) is 29.8 Å². The van der Waals surface area contributed by atoms with Gasteiger partial charge >= 0.3 is 0 Å². The largest absolute Gasteiger partial charge is 0.389 e. The Balaban J connectivity index is 2.26. The van der Waals surface area contributed by atoms with Gasteiger partial charge in [-0.3, -0.25) is 0 Å². The number of aliphatic hydroxyl groups is 1. The molecule has 1 heterocycles. The highest BCUT2D eigenvalue weighted by molar-refractivity contribution is 6.31. The van der Waals surface area contributed by atoms with Crippen LogP contribution in [0.5, 0.6) is 0 Å². The minimum absolute atomic E-state index is 0.542. The molecule has 2 rings (SSSR count). The molecule has 0 saturated carbocycles. The first-order chi connectivity index (χ1) is 8.58. The van der Waals surface area contributed by atoms with Crippen LogP contribution in [-0.4, -0.2) is 15.1 Å². The van der Waals surface area contributed by atoms with Gasteiger partial charge < -0.3 is 5.11 Å². The van der Waals surface area contributed by atoms with E-state index >= 15 is 0 Å². The quantitative estimate of drug-likeness (QED) is 0.925. The molecule has 1 unspecified atom stereocenters. The Hall–Kier alpha value is -1.45. The molecule has 3 nitrogen and oxygen atoms in total. The van der Waals surface area contributed by atoms with Crippen LogP contribution in [0.1, 0.15) is 35.7 Å². The first-order valence-corrected chi connectivity index (χ1v) is 6.19. The molecule has 0 aliphatic carbocycles. The molecule has 0 bridgehead atoms. The van der Waals surface area contributed by atoms with Gasteiger partial charge in [-0.2, -0.15) is 0 Å². The van der Waals surface area contributed by atoms with E-state index in [4.69, 9.17) is 11.6 Å². The summed E-state index contributed by atoms with van der Waals surface area (Å²) in [6.45, 7) is 3.58. The van der Waals surface area contributed by atoms with Crippen LogP contribution in [0.2, 0.25) is 5.02 Å². The van der Waals surface area contributed by atoms with Gasteiger partial charge in [0.25, 0.3) is 0 Å². The number of hydrogen-bond donors (Lipinski definition) is 1. The Labute approximate surface area is 111 Å². The molecule has 1 aromatic heterocycles. The van der Waals surface area contributed by atoms with E-state index in [9.17, 15) is 5.11 Å². The van der Waals surface area contributed by atoms with E-state index in [2.05, 4.69) is 9.97 Å². The zero-order valence-corrected chi connectivity index (χ0v) is 11.1. The molecule has 94 valence electrons. The number of hydrogen-bond acceptors (Lipinski definition) is 3. The summed E-state index contributed by atoms with van der Waals surface area (Å²) in [6.07, 6.45) is 1.74. The predicted octanol–water partition coefficient (Wildman–Crippen LogP) is 3.08. The first kappa shape index (κ1) is 13.0. The van der Waals surface area contributed by atoms with Crippen molar-refractivity contribution in [3.8, 4) is 0 Å². The summed E-state index contributed by atoms with van der Waals surface area (Å²) < 4.78 is 0. The summed E-state index contributed by atoms with van der Waals surface area (Å²) in [7, 11) is 0. The first-order valence-electron chi connectivity index (χ1n) is 5.82. The molecule has 0 radical (unpaired) electrons. The van der Waals surface area contributed by atoms with Gasteiger partial charge in [-0.05, 0) is 25.5 Å². The molecule has 1 aromatic carbocycles. The molecular weight excluding hydrogens is 248 g/mol. The van der Waals surface area contributed by atoms with Gasteiger partial charge in [0.05, 0.1) is 6.10 Å². The van der Waals surface area contributed by atoms with E-state index in [-0.39, 0.29) is 0 Å². The molecule has 18 heavy (non-hydrogen) atoms. The highest BCUT2D eigenvalue weighted by Crippen LogP contribution is 2.19. The molecule has 0 spiro atoms. The maximum absolute atomic E-state index is 9.53. The van der Waals surface area contributed by atoms with E-state index in [0.29, 0.717) is 12.2 Å². The monoisotopic (exact) mass is 262 g/mol. The van der Waals surface area contributed by atoms with Gasteiger partial charge in [0.2, 0.25) is 0 Å². The Morgan fingerprint density at radius 2 is 2.06 bits per heavy atom. The fraction of sp³-hybridized carbons (Fsp3) is 0.286. The zero-order chi connectivity index (χ0) is 13.1. The number of rotatable bonds is 3. The SMILES string of the molecule is Cc1nc(Cc2ccccc2Cl)ncc1C(C)O. The fourth-order valence-corrected chi connectivity index (χ4v) is 2.03. The van der Waals surface area contributed by atoms with Gasteiger partial charge in [0.15, 0.2) is 0 Å². The smallest absolute Gasteiger partial charge is 0.132 e. The minimum atomic E-state index is -0.542. The van der Waals surface area contributed by atoms with Crippen LogP contribution < -0.4 is 0 Å². The summed E-state index contributed by atoms with van der Waals surface area (Å²) >= 11 is 6.10. The van der Waals surface area contributed by atoms with Crippen LogP contribution in [0.3, 0.4) is 0 Å². The summed E-state index contributed by atoms with van der Waals surface area (Å²) in [4.78, 5) is 8.67. The Bertz CT molecular complexity index is 555. The molecular formula is C14H15ClN2O. The zero-order valence-electron chi connectivity index (χ0n) is 10.4. The van der Waals surface area contributed by atoms with Crippen molar-refractivity contribution in [3.63, 3.8) is 0 Å². The molecule has 0 aliphatic heterocycles. The van der Waals surface area contributed by atoms with E-state index in [1.165, 1.54) is 0 Å². The number of benzene rings is 1. The van der Waals surface area contributed by atoms with E-state index < -0.39 is 6.10 Å². The lowest BCUT2D eigenvalue weighted by Gasteiger charge is -2.09. The van der Waals surface area contributed by atoms with E-state index in [1.807, 2.05) is 31.2 Å². The second-order valence-corrected chi connectivity index (χ2v) is 4.68. The maximum Gasteiger partial charge on any atom is 0.132 e. The van der Waals surface area contributed by atoms with Crippen LogP contribution >= 0.6 is 11.6 Å². The number of aromatic nitrogens is 2. The van der Waals surface area contributed by atoms with Crippen molar-refractivity contribution in [2.24, 2.45) is 0 Å². The van der Waals surface area contributed by atoms with Crippen molar-refractivity contribution in [3.05, 3.63) is 58.1 Å². The van der Waals surface area contributed by atoms with Gasteiger partial charge in [-0.15, -0.1) is 0 Å². The van der Waals surface area contributed by atoms with Crippen molar-refractivity contribution < 1.29 is 5.11 Å². The summed E-state index contributed by atoms with van der Waals surface area (Å²) in [5, 5.41) is 10.2. The lowest BCUT2D eigenvalue weighted by Crippen LogP contribution is -2.04. The molecule has 0 fully saturated rings. The predicted molar refractivity (Wildman–Crippen MR) is 71.7 cm³/mol. The highest BCUT2D eigenvalue weighted by Gasteiger charge is 2.09. The van der Waals surface area contributed by atoms with Crippen molar-refractivity contribution in [2.45, 2.75) is 26.4 Å². The number of halogens is 1. The number of nitrogens with zero attached hydrogens (tertiary/aromatic N) is 2. The van der Waals surface area contributed by atoms with Crippen molar-refractivity contribution in [2.75, 3.05) is 0 Å². The van der Waals surface area contributed by atoms with Gasteiger partial charge in [-0.25, -0.2) is 9.97 Å². The third kappa shape index (κ3) is 2.86. The normalized spacial score (nSPS) is 12.4. The summed E-state index contributed by atoms with van der Waals surface area (Å²) in [5.41, 5.74) is 2.57. The minimum Gasteiger partial charge on any atom is -0.389 e. The highest BCUT2D eigenvalue weighted by atomic mass is 35.5. The van der Waals surface area contributed by atoms with Crippen molar-refractivity contribution >= 4 is 11.6 Å². The second-order valence-electron chi connectivity index (χ2n) is 4.27. The Morgan fingerprint density at radius 1 is 1.33 bits per heavy atom. The van der Waals surface area contributed by atoms with E-state index in [1.54, 1.807) is 13.1 Å². The summed E-state index contributed by atoms with van der Waals surface area (Å²) in [5.74, 6) is 0.713. The van der Waals surface area contributed by atoms with Gasteiger partial charge in [0, 0.05) is 28.9 Å². The third-order valence-corrected chi connectivity index (χ3v) is 3.19.